The summed E-state index contributed by atoms with van der Waals surface area (Å²) >= 11 is 1.31. The van der Waals surface area contributed by atoms with Gasteiger partial charge in [0, 0.05) is 10.8 Å². The van der Waals surface area contributed by atoms with E-state index in [0.717, 1.165) is 0 Å². The number of anilines is 1. The van der Waals surface area contributed by atoms with Crippen LogP contribution in [0, 0.1) is 0 Å². The lowest BCUT2D eigenvalue weighted by Gasteiger charge is -2.15. The smallest absolute Gasteiger partial charge is 0.261 e. The van der Waals surface area contributed by atoms with Crippen LogP contribution in [-0.2, 0) is 15.8 Å². The van der Waals surface area contributed by atoms with Crippen molar-refractivity contribution in [3.8, 4) is 5.75 Å². The van der Waals surface area contributed by atoms with Crippen LogP contribution in [-0.4, -0.2) is 19.5 Å². The number of carboxylic acids is 1. The lowest BCUT2D eigenvalue weighted by molar-refractivity contribution is -0.255. The zero-order valence-corrected chi connectivity index (χ0v) is 17.6. The number of hydrogen-bond donors (Lipinski definition) is 2. The third-order valence-corrected chi connectivity index (χ3v) is 7.01. The number of benzene rings is 3. The second kappa shape index (κ2) is 8.37. The molecule has 0 amide bonds. The van der Waals surface area contributed by atoms with E-state index in [-0.39, 0.29) is 16.2 Å². The van der Waals surface area contributed by atoms with Gasteiger partial charge in [0.1, 0.15) is 11.5 Å². The molecule has 158 valence electrons. The van der Waals surface area contributed by atoms with Crippen LogP contribution in [0.15, 0.2) is 87.2 Å². The molecule has 0 aliphatic rings. The number of carbonyl (C=O) groups excluding carboxylic acids is 1. The Bertz CT molecular complexity index is 1350. The summed E-state index contributed by atoms with van der Waals surface area (Å²) in [6, 6.07) is 16.8. The second-order valence-electron chi connectivity index (χ2n) is 6.60. The monoisotopic (exact) mass is 454 g/mol. The summed E-state index contributed by atoms with van der Waals surface area (Å²) in [7, 11) is -4.01. The van der Waals surface area contributed by atoms with Crippen molar-refractivity contribution in [3.05, 3.63) is 84.3 Å². The van der Waals surface area contributed by atoms with Crippen molar-refractivity contribution in [2.24, 2.45) is 0 Å². The van der Waals surface area contributed by atoms with E-state index in [9.17, 15) is 23.4 Å². The van der Waals surface area contributed by atoms with Gasteiger partial charge in [0.05, 0.1) is 33.5 Å². The third-order valence-electron chi connectivity index (χ3n) is 4.58. The van der Waals surface area contributed by atoms with Crippen LogP contribution in [0.3, 0.4) is 0 Å². The SMILES string of the molecule is O=C([O-])c1ccc(S(=O)(=O)Nc2cc(SCc3ccco3)c(O)c3ccccc23)cc1. The molecule has 0 saturated carbocycles. The van der Waals surface area contributed by atoms with E-state index < -0.39 is 16.0 Å². The molecule has 0 saturated heterocycles. The Morgan fingerprint density at radius 2 is 1.74 bits per heavy atom. The van der Waals surface area contributed by atoms with E-state index in [1.54, 1.807) is 42.7 Å². The molecular formula is C22H16NO6S2-. The number of hydrogen-bond acceptors (Lipinski definition) is 7. The summed E-state index contributed by atoms with van der Waals surface area (Å²) in [5, 5.41) is 22.6. The highest BCUT2D eigenvalue weighted by Gasteiger charge is 2.19. The van der Waals surface area contributed by atoms with Crippen LogP contribution in [0.4, 0.5) is 5.69 Å². The van der Waals surface area contributed by atoms with Gasteiger partial charge in [-0.2, -0.15) is 0 Å². The first-order chi connectivity index (χ1) is 14.8. The van der Waals surface area contributed by atoms with Gasteiger partial charge in [-0.05, 0) is 35.9 Å². The van der Waals surface area contributed by atoms with Crippen LogP contribution >= 0.6 is 11.8 Å². The molecule has 0 fully saturated rings. The average molecular weight is 455 g/mol. The lowest BCUT2D eigenvalue weighted by atomic mass is 10.1. The van der Waals surface area contributed by atoms with Gasteiger partial charge in [-0.15, -0.1) is 11.8 Å². The number of sulfonamides is 1. The molecule has 1 heterocycles. The average Bonchev–Trinajstić information content (AvgIpc) is 3.28. The third kappa shape index (κ3) is 4.37. The Hall–Kier alpha value is -3.43. The number of carbonyl (C=O) groups is 1. The lowest BCUT2D eigenvalue weighted by Crippen LogP contribution is -2.22. The number of aromatic hydroxyl groups is 1. The van der Waals surface area contributed by atoms with Gasteiger partial charge in [-0.3, -0.25) is 4.72 Å². The molecule has 0 unspecified atom stereocenters. The number of thioether (sulfide) groups is 1. The van der Waals surface area contributed by atoms with Gasteiger partial charge >= 0.3 is 0 Å². The molecule has 0 radical (unpaired) electrons. The first kappa shape index (κ1) is 20.8. The maximum absolute atomic E-state index is 12.9. The van der Waals surface area contributed by atoms with E-state index >= 15 is 0 Å². The molecule has 0 atom stereocenters. The molecule has 3 aromatic carbocycles. The van der Waals surface area contributed by atoms with Gasteiger partial charge in [0.25, 0.3) is 10.0 Å². The maximum Gasteiger partial charge on any atom is 0.261 e. The Balaban J connectivity index is 1.71. The van der Waals surface area contributed by atoms with Crippen molar-refractivity contribution in [2.75, 3.05) is 4.72 Å². The highest BCUT2D eigenvalue weighted by Crippen LogP contribution is 2.41. The fourth-order valence-electron chi connectivity index (χ4n) is 3.05. The van der Waals surface area contributed by atoms with Gasteiger partial charge in [-0.1, -0.05) is 36.4 Å². The van der Waals surface area contributed by atoms with Crippen LogP contribution < -0.4 is 9.83 Å². The second-order valence-corrected chi connectivity index (χ2v) is 9.30. The van der Waals surface area contributed by atoms with Crippen LogP contribution in [0.2, 0.25) is 0 Å². The molecule has 4 aromatic rings. The normalized spacial score (nSPS) is 11.5. The summed E-state index contributed by atoms with van der Waals surface area (Å²) in [4.78, 5) is 11.3. The van der Waals surface area contributed by atoms with E-state index in [1.165, 1.54) is 36.0 Å². The minimum absolute atomic E-state index is 0.0495. The van der Waals surface area contributed by atoms with E-state index in [0.29, 0.717) is 32.9 Å². The topological polar surface area (TPSA) is 120 Å². The summed E-state index contributed by atoms with van der Waals surface area (Å²) in [6.07, 6.45) is 1.56. The van der Waals surface area contributed by atoms with Crippen molar-refractivity contribution in [3.63, 3.8) is 0 Å². The Morgan fingerprint density at radius 1 is 1.03 bits per heavy atom. The summed E-state index contributed by atoms with van der Waals surface area (Å²) in [6.45, 7) is 0. The molecule has 0 aliphatic heterocycles. The Morgan fingerprint density at radius 3 is 2.39 bits per heavy atom. The number of aromatic carboxylic acids is 1. The standard InChI is InChI=1S/C22H17NO6S2/c24-21-18-6-2-1-5-17(18)19(12-20(21)30-13-15-4-3-11-29-15)23-31(27,28)16-9-7-14(8-10-16)22(25)26/h1-12,23-24H,13H2,(H,25,26)/p-1. The highest BCUT2D eigenvalue weighted by atomic mass is 32.2. The van der Waals surface area contributed by atoms with Crippen molar-refractivity contribution in [1.29, 1.82) is 0 Å². The molecule has 4 rings (SSSR count). The van der Waals surface area contributed by atoms with Crippen molar-refractivity contribution >= 4 is 44.2 Å². The van der Waals surface area contributed by atoms with Crippen molar-refractivity contribution in [2.45, 2.75) is 15.5 Å². The quantitative estimate of drug-likeness (QED) is 0.323. The molecule has 0 spiro atoms. The summed E-state index contributed by atoms with van der Waals surface area (Å²) in [5.74, 6) is -0.170. The van der Waals surface area contributed by atoms with Crippen molar-refractivity contribution in [1.82, 2.24) is 0 Å². The summed E-state index contributed by atoms with van der Waals surface area (Å²) in [5.41, 5.74) is 0.171. The molecule has 31 heavy (non-hydrogen) atoms. The number of rotatable bonds is 7. The molecule has 2 N–H and O–H groups in total. The number of phenolic OH excluding ortho intramolecular Hbond substituents is 1. The Labute approximate surface area is 182 Å². The molecule has 7 nitrogen and oxygen atoms in total. The van der Waals surface area contributed by atoms with Gasteiger partial charge in [-0.25, -0.2) is 8.42 Å². The number of fused-ring (bicyclic) bond motifs is 1. The fraction of sp³-hybridized carbons (Fsp3) is 0.0455. The fourth-order valence-corrected chi connectivity index (χ4v) is 5.03. The number of carboxylic acid groups (broad SMARTS) is 1. The summed E-state index contributed by atoms with van der Waals surface area (Å²) < 4.78 is 33.7. The minimum atomic E-state index is -4.01. The maximum atomic E-state index is 12.9. The number of furan rings is 1. The first-order valence-electron chi connectivity index (χ1n) is 9.09. The first-order valence-corrected chi connectivity index (χ1v) is 11.6. The molecule has 1 aromatic heterocycles. The molecular weight excluding hydrogens is 438 g/mol. The zero-order chi connectivity index (χ0) is 22.0. The van der Waals surface area contributed by atoms with E-state index in [2.05, 4.69) is 4.72 Å². The van der Waals surface area contributed by atoms with Gasteiger partial charge < -0.3 is 19.4 Å². The van der Waals surface area contributed by atoms with Crippen LogP contribution in [0.1, 0.15) is 16.1 Å². The largest absolute Gasteiger partial charge is 0.545 e. The van der Waals surface area contributed by atoms with E-state index in [1.807, 2.05) is 6.07 Å². The van der Waals surface area contributed by atoms with E-state index in [4.69, 9.17) is 4.42 Å². The predicted molar refractivity (Wildman–Crippen MR) is 115 cm³/mol. The molecule has 0 bridgehead atoms. The van der Waals surface area contributed by atoms with Gasteiger partial charge in [0.15, 0.2) is 0 Å². The zero-order valence-electron chi connectivity index (χ0n) is 15.9. The Kier molecular flexibility index (Phi) is 5.62. The molecule has 9 heteroatoms. The predicted octanol–water partition coefficient (Wildman–Crippen LogP) is 3.60. The van der Waals surface area contributed by atoms with Crippen LogP contribution in [0.25, 0.3) is 10.8 Å². The van der Waals surface area contributed by atoms with Gasteiger partial charge in [0.2, 0.25) is 0 Å². The molecule has 0 aliphatic carbocycles. The minimum Gasteiger partial charge on any atom is -0.545 e. The highest BCUT2D eigenvalue weighted by molar-refractivity contribution is 7.98. The number of nitrogens with one attached hydrogen (secondary N) is 1. The van der Waals surface area contributed by atoms with Crippen LogP contribution in [0.5, 0.6) is 5.75 Å². The van der Waals surface area contributed by atoms with Crippen molar-refractivity contribution < 1.29 is 27.8 Å². The number of phenols is 1.